The van der Waals surface area contributed by atoms with Gasteiger partial charge in [-0.05, 0) is 77.0 Å². The number of hydrazone groups is 1. The van der Waals surface area contributed by atoms with Crippen molar-refractivity contribution in [1.82, 2.24) is 10.4 Å². The molecule has 1 N–H and O–H groups in total. The number of ether oxygens (including phenoxy) is 2. The first-order chi connectivity index (χ1) is 15.0. The highest BCUT2D eigenvalue weighted by molar-refractivity contribution is 14.1. The van der Waals surface area contributed by atoms with Crippen molar-refractivity contribution in [1.29, 1.82) is 0 Å². The number of hydrogen-bond donors (Lipinski definition) is 1. The number of hydrogen-bond acceptors (Lipinski definition) is 5. The van der Waals surface area contributed by atoms with E-state index in [4.69, 9.17) is 21.1 Å². The Morgan fingerprint density at radius 1 is 1.26 bits per heavy atom. The first-order valence-corrected chi connectivity index (χ1v) is 10.7. The smallest absolute Gasteiger partial charge is 0.274 e. The fourth-order valence-corrected chi connectivity index (χ4v) is 3.57. The number of nitrogens with one attached hydrogen (secondary N) is 1. The molecule has 1 aromatic heterocycles. The van der Waals surface area contributed by atoms with E-state index in [0.717, 1.165) is 9.13 Å². The maximum atomic E-state index is 13.1. The monoisotopic (exact) mass is 553 g/mol. The zero-order valence-corrected chi connectivity index (χ0v) is 19.4. The van der Waals surface area contributed by atoms with Crippen LogP contribution in [-0.2, 0) is 6.61 Å². The second-order valence-electron chi connectivity index (χ2n) is 6.22. The molecule has 1 heterocycles. The third-order valence-corrected chi connectivity index (χ3v) is 5.11. The minimum Gasteiger partial charge on any atom is -0.490 e. The Bertz CT molecular complexity index is 1090. The number of pyridine rings is 1. The summed E-state index contributed by atoms with van der Waals surface area (Å²) in [7, 11) is 0. The van der Waals surface area contributed by atoms with Crippen molar-refractivity contribution in [2.24, 2.45) is 5.10 Å². The molecule has 1 amide bonds. The van der Waals surface area contributed by atoms with Crippen LogP contribution in [0.5, 0.6) is 11.5 Å². The third kappa shape index (κ3) is 6.38. The van der Waals surface area contributed by atoms with Crippen LogP contribution in [0.1, 0.15) is 28.4 Å². The lowest BCUT2D eigenvalue weighted by Crippen LogP contribution is -2.18. The summed E-state index contributed by atoms with van der Waals surface area (Å²) in [5.41, 5.74) is 4.20. The lowest BCUT2D eigenvalue weighted by molar-refractivity contribution is 0.0955. The van der Waals surface area contributed by atoms with Crippen molar-refractivity contribution >= 4 is 46.3 Å². The summed E-state index contributed by atoms with van der Waals surface area (Å²) >= 11 is 8.06. The molecule has 2 aromatic carbocycles. The molecule has 0 aliphatic heterocycles. The highest BCUT2D eigenvalue weighted by Crippen LogP contribution is 2.34. The minimum atomic E-state index is -0.465. The van der Waals surface area contributed by atoms with E-state index in [1.54, 1.807) is 30.3 Å². The van der Waals surface area contributed by atoms with Crippen LogP contribution in [0.3, 0.4) is 0 Å². The molecular formula is C22H18ClFIN3O3. The van der Waals surface area contributed by atoms with Gasteiger partial charge in [0, 0.05) is 6.20 Å². The molecule has 0 aliphatic carbocycles. The maximum Gasteiger partial charge on any atom is 0.274 e. The molecule has 3 rings (SSSR count). The van der Waals surface area contributed by atoms with Crippen LogP contribution in [0, 0.1) is 9.39 Å². The maximum absolute atomic E-state index is 13.1. The van der Waals surface area contributed by atoms with Gasteiger partial charge >= 0.3 is 0 Å². The van der Waals surface area contributed by atoms with E-state index in [-0.39, 0.29) is 23.1 Å². The Morgan fingerprint density at radius 2 is 2.03 bits per heavy atom. The van der Waals surface area contributed by atoms with Gasteiger partial charge in [-0.1, -0.05) is 23.7 Å². The predicted molar refractivity (Wildman–Crippen MR) is 125 cm³/mol. The van der Waals surface area contributed by atoms with Gasteiger partial charge in [0.1, 0.15) is 17.6 Å². The second-order valence-corrected chi connectivity index (χ2v) is 7.74. The number of aromatic nitrogens is 1. The van der Waals surface area contributed by atoms with Gasteiger partial charge in [-0.25, -0.2) is 14.8 Å². The molecule has 160 valence electrons. The van der Waals surface area contributed by atoms with Gasteiger partial charge in [-0.15, -0.1) is 0 Å². The molecule has 3 aromatic rings. The topological polar surface area (TPSA) is 72.8 Å². The van der Waals surface area contributed by atoms with E-state index in [9.17, 15) is 9.18 Å². The lowest BCUT2D eigenvalue weighted by atomic mass is 10.2. The van der Waals surface area contributed by atoms with Gasteiger partial charge in [-0.2, -0.15) is 5.10 Å². The van der Waals surface area contributed by atoms with Gasteiger partial charge in [0.15, 0.2) is 11.5 Å². The van der Waals surface area contributed by atoms with Crippen molar-refractivity contribution in [3.8, 4) is 11.5 Å². The molecule has 9 heteroatoms. The Kier molecular flexibility index (Phi) is 8.19. The molecule has 0 spiro atoms. The van der Waals surface area contributed by atoms with Crippen LogP contribution in [0.15, 0.2) is 59.8 Å². The summed E-state index contributed by atoms with van der Waals surface area (Å²) in [4.78, 5) is 16.0. The second kappa shape index (κ2) is 11.1. The number of nitrogens with zero attached hydrogens (tertiary/aromatic N) is 2. The summed E-state index contributed by atoms with van der Waals surface area (Å²) < 4.78 is 25.5. The first-order valence-electron chi connectivity index (χ1n) is 9.25. The molecular weight excluding hydrogens is 536 g/mol. The lowest BCUT2D eigenvalue weighted by Gasteiger charge is -2.14. The molecule has 0 saturated heterocycles. The molecule has 0 fully saturated rings. The highest BCUT2D eigenvalue weighted by atomic mass is 127. The summed E-state index contributed by atoms with van der Waals surface area (Å²) in [6.07, 6.45) is 3.00. The predicted octanol–water partition coefficient (Wildman–Crippen LogP) is 5.22. The molecule has 0 radical (unpaired) electrons. The first kappa shape index (κ1) is 23.0. The van der Waals surface area contributed by atoms with Gasteiger partial charge in [-0.3, -0.25) is 4.79 Å². The molecule has 0 unspecified atom stereocenters. The zero-order valence-electron chi connectivity index (χ0n) is 16.4. The summed E-state index contributed by atoms with van der Waals surface area (Å²) in [5, 5.41) is 4.09. The molecule has 0 saturated carbocycles. The summed E-state index contributed by atoms with van der Waals surface area (Å²) in [6.45, 7) is 2.58. The van der Waals surface area contributed by atoms with Gasteiger partial charge in [0.25, 0.3) is 5.91 Å². The fourth-order valence-electron chi connectivity index (χ4n) is 2.58. The quantitative estimate of drug-likeness (QED) is 0.180. The van der Waals surface area contributed by atoms with Crippen molar-refractivity contribution < 1.29 is 18.7 Å². The van der Waals surface area contributed by atoms with Crippen molar-refractivity contribution in [3.63, 3.8) is 0 Å². The number of carbonyl (C=O) groups excluding carboxylic acids is 1. The van der Waals surface area contributed by atoms with Crippen molar-refractivity contribution in [2.75, 3.05) is 6.61 Å². The van der Waals surface area contributed by atoms with Gasteiger partial charge in [0.05, 0.1) is 22.0 Å². The van der Waals surface area contributed by atoms with E-state index < -0.39 is 5.91 Å². The molecule has 31 heavy (non-hydrogen) atoms. The van der Waals surface area contributed by atoms with E-state index in [0.29, 0.717) is 23.7 Å². The minimum absolute atomic E-state index is 0.103. The molecule has 0 bridgehead atoms. The Labute approximate surface area is 197 Å². The van der Waals surface area contributed by atoms with Crippen LogP contribution in [0.25, 0.3) is 0 Å². The van der Waals surface area contributed by atoms with E-state index in [1.165, 1.54) is 24.5 Å². The standard InChI is InChI=1S/C22H18ClFIN3O3/c1-2-30-19-11-15(12-27-28-22(29)17-4-3-9-26-21(17)23)10-18(25)20(19)31-13-14-5-7-16(24)8-6-14/h3-12H,2,13H2,1H3,(H,28,29). The number of amides is 1. The van der Waals surface area contributed by atoms with E-state index >= 15 is 0 Å². The Morgan fingerprint density at radius 3 is 2.74 bits per heavy atom. The zero-order chi connectivity index (χ0) is 22.2. The normalized spacial score (nSPS) is 10.8. The van der Waals surface area contributed by atoms with Crippen molar-refractivity contribution in [3.05, 3.63) is 86.0 Å². The average Bonchev–Trinajstić information content (AvgIpc) is 2.75. The van der Waals surface area contributed by atoms with Crippen LogP contribution in [0.2, 0.25) is 5.15 Å². The summed E-state index contributed by atoms with van der Waals surface area (Å²) in [6, 6.07) is 12.9. The van der Waals surface area contributed by atoms with Crippen LogP contribution < -0.4 is 14.9 Å². The Balaban J connectivity index is 1.73. The van der Waals surface area contributed by atoms with Crippen LogP contribution in [-0.4, -0.2) is 23.7 Å². The van der Waals surface area contributed by atoms with Crippen LogP contribution in [0.4, 0.5) is 4.39 Å². The van der Waals surface area contributed by atoms with Crippen LogP contribution >= 0.6 is 34.2 Å². The van der Waals surface area contributed by atoms with Gasteiger partial charge < -0.3 is 9.47 Å². The van der Waals surface area contributed by atoms with E-state index in [1.807, 2.05) is 13.0 Å². The van der Waals surface area contributed by atoms with E-state index in [2.05, 4.69) is 38.1 Å². The largest absolute Gasteiger partial charge is 0.490 e. The highest BCUT2D eigenvalue weighted by Gasteiger charge is 2.13. The van der Waals surface area contributed by atoms with Gasteiger partial charge in [0.2, 0.25) is 0 Å². The number of benzene rings is 2. The molecule has 6 nitrogen and oxygen atoms in total. The number of carbonyl (C=O) groups is 1. The molecule has 0 atom stereocenters. The number of halogens is 3. The third-order valence-electron chi connectivity index (χ3n) is 4.01. The SMILES string of the molecule is CCOc1cc(C=NNC(=O)c2cccnc2Cl)cc(I)c1OCc1ccc(F)cc1. The fraction of sp³-hybridized carbons (Fsp3) is 0.136. The average molecular weight is 554 g/mol. The summed E-state index contributed by atoms with van der Waals surface area (Å²) in [5.74, 6) is 0.359. The number of rotatable bonds is 8. The Hall–Kier alpha value is -2.72. The molecule has 0 aliphatic rings. The van der Waals surface area contributed by atoms with Crippen molar-refractivity contribution in [2.45, 2.75) is 13.5 Å².